The van der Waals surface area contributed by atoms with Gasteiger partial charge in [0.1, 0.15) is 0 Å². The summed E-state index contributed by atoms with van der Waals surface area (Å²) in [6.45, 7) is 3.08. The van der Waals surface area contributed by atoms with E-state index in [-0.39, 0.29) is 23.0 Å². The molecule has 0 radical (unpaired) electrons. The number of carbonyl (C=O) groups excluding carboxylic acids is 2. The van der Waals surface area contributed by atoms with Crippen molar-refractivity contribution in [3.05, 3.63) is 65.2 Å². The van der Waals surface area contributed by atoms with Crippen LogP contribution in [0.2, 0.25) is 0 Å². The zero-order valence-corrected chi connectivity index (χ0v) is 16.5. The van der Waals surface area contributed by atoms with E-state index in [4.69, 9.17) is 17.0 Å². The van der Waals surface area contributed by atoms with Crippen molar-refractivity contribution < 1.29 is 14.3 Å². The van der Waals surface area contributed by atoms with E-state index in [1.165, 1.54) is 0 Å². The van der Waals surface area contributed by atoms with E-state index in [2.05, 4.69) is 16.0 Å². The van der Waals surface area contributed by atoms with Crippen molar-refractivity contribution in [2.24, 2.45) is 0 Å². The molecule has 6 nitrogen and oxygen atoms in total. The largest absolute Gasteiger partial charge is 0.376 e. The zero-order chi connectivity index (χ0) is 19.9. The number of benzene rings is 2. The molecule has 7 heteroatoms. The second-order valence-electron chi connectivity index (χ2n) is 6.61. The van der Waals surface area contributed by atoms with E-state index >= 15 is 0 Å². The fourth-order valence-corrected chi connectivity index (χ4v) is 3.25. The quantitative estimate of drug-likeness (QED) is 0.676. The Labute approximate surface area is 169 Å². The molecule has 1 unspecified atom stereocenters. The van der Waals surface area contributed by atoms with Gasteiger partial charge in [-0.1, -0.05) is 30.3 Å². The molecule has 3 rings (SSSR count). The molecule has 0 saturated carbocycles. The molecule has 1 atom stereocenters. The second-order valence-corrected chi connectivity index (χ2v) is 7.02. The summed E-state index contributed by atoms with van der Waals surface area (Å²) in [5, 5.41) is 8.63. The summed E-state index contributed by atoms with van der Waals surface area (Å²) in [4.78, 5) is 25.0. The lowest BCUT2D eigenvalue weighted by Crippen LogP contribution is -2.36. The Morgan fingerprint density at radius 1 is 1.07 bits per heavy atom. The van der Waals surface area contributed by atoms with Crippen LogP contribution in [0.5, 0.6) is 0 Å². The zero-order valence-electron chi connectivity index (χ0n) is 15.7. The number of amides is 2. The summed E-state index contributed by atoms with van der Waals surface area (Å²) in [6.07, 6.45) is 2.04. The van der Waals surface area contributed by atoms with E-state index < -0.39 is 0 Å². The number of nitrogens with one attached hydrogen (secondary N) is 3. The van der Waals surface area contributed by atoms with Crippen molar-refractivity contribution in [2.45, 2.75) is 25.9 Å². The Bertz CT molecular complexity index is 879. The van der Waals surface area contributed by atoms with Gasteiger partial charge in [-0.3, -0.25) is 14.9 Å². The van der Waals surface area contributed by atoms with Crippen LogP contribution in [0.4, 0.5) is 5.69 Å². The van der Waals surface area contributed by atoms with Crippen LogP contribution >= 0.6 is 12.2 Å². The summed E-state index contributed by atoms with van der Waals surface area (Å²) < 4.78 is 5.53. The van der Waals surface area contributed by atoms with Gasteiger partial charge >= 0.3 is 0 Å². The van der Waals surface area contributed by atoms with Crippen molar-refractivity contribution in [1.82, 2.24) is 10.6 Å². The van der Waals surface area contributed by atoms with Crippen LogP contribution in [0.1, 0.15) is 39.1 Å². The summed E-state index contributed by atoms with van der Waals surface area (Å²) in [5.41, 5.74) is 2.39. The molecule has 0 aliphatic carbocycles. The third-order valence-corrected chi connectivity index (χ3v) is 4.76. The average Bonchev–Trinajstić information content (AvgIpc) is 3.20. The standard InChI is InChI=1S/C21H23N3O3S/c1-14-7-2-3-9-16(14)20(26)24-21(28)23-18-11-5-4-10-17(18)19(25)22-13-15-8-6-12-27-15/h2-5,7,9-11,15H,6,8,12-13H2,1H3,(H,22,25)(H2,23,24,26,28). The first-order valence-corrected chi connectivity index (χ1v) is 9.62. The fraction of sp³-hybridized carbons (Fsp3) is 0.286. The maximum Gasteiger partial charge on any atom is 0.257 e. The van der Waals surface area contributed by atoms with Gasteiger partial charge in [0.15, 0.2) is 5.11 Å². The molecule has 2 aromatic rings. The highest BCUT2D eigenvalue weighted by Gasteiger charge is 2.18. The highest BCUT2D eigenvalue weighted by molar-refractivity contribution is 7.80. The first-order valence-electron chi connectivity index (χ1n) is 9.21. The normalized spacial score (nSPS) is 15.7. The third kappa shape index (κ3) is 5.15. The number of hydrogen-bond acceptors (Lipinski definition) is 4. The van der Waals surface area contributed by atoms with E-state index in [1.54, 1.807) is 36.4 Å². The van der Waals surface area contributed by atoms with Crippen LogP contribution in [0, 0.1) is 6.92 Å². The van der Waals surface area contributed by atoms with Gasteiger partial charge in [-0.25, -0.2) is 0 Å². The molecule has 1 saturated heterocycles. The van der Waals surface area contributed by atoms with Crippen molar-refractivity contribution in [3.63, 3.8) is 0 Å². The van der Waals surface area contributed by atoms with Crippen LogP contribution in [-0.2, 0) is 4.74 Å². The summed E-state index contributed by atoms with van der Waals surface area (Å²) in [7, 11) is 0. The molecular formula is C21H23N3O3S. The molecule has 0 bridgehead atoms. The van der Waals surface area contributed by atoms with Gasteiger partial charge < -0.3 is 15.4 Å². The molecular weight excluding hydrogens is 374 g/mol. The van der Waals surface area contributed by atoms with E-state index in [1.807, 2.05) is 19.1 Å². The number of aryl methyl sites for hydroxylation is 1. The lowest BCUT2D eigenvalue weighted by Gasteiger charge is -2.15. The third-order valence-electron chi connectivity index (χ3n) is 4.55. The number of hydrogen-bond donors (Lipinski definition) is 3. The molecule has 1 aliphatic heterocycles. The molecule has 28 heavy (non-hydrogen) atoms. The molecule has 146 valence electrons. The molecule has 2 aromatic carbocycles. The summed E-state index contributed by atoms with van der Waals surface area (Å²) in [6, 6.07) is 14.3. The van der Waals surface area contributed by atoms with E-state index in [9.17, 15) is 9.59 Å². The molecule has 1 heterocycles. The molecule has 1 aliphatic rings. The van der Waals surface area contributed by atoms with Crippen molar-refractivity contribution >= 4 is 34.8 Å². The Morgan fingerprint density at radius 2 is 1.79 bits per heavy atom. The Morgan fingerprint density at radius 3 is 2.50 bits per heavy atom. The fourth-order valence-electron chi connectivity index (χ4n) is 3.05. The SMILES string of the molecule is Cc1ccccc1C(=O)NC(=S)Nc1ccccc1C(=O)NCC1CCCO1. The molecule has 1 fully saturated rings. The Balaban J connectivity index is 1.62. The highest BCUT2D eigenvalue weighted by Crippen LogP contribution is 2.16. The van der Waals surface area contributed by atoms with Gasteiger partial charge in [0.05, 0.1) is 17.4 Å². The van der Waals surface area contributed by atoms with Crippen molar-refractivity contribution in [3.8, 4) is 0 Å². The number of thiocarbonyl (C=S) groups is 1. The number of para-hydroxylation sites is 1. The predicted octanol–water partition coefficient (Wildman–Crippen LogP) is 3.03. The molecule has 0 aromatic heterocycles. The van der Waals surface area contributed by atoms with Crippen LogP contribution in [0.25, 0.3) is 0 Å². The van der Waals surface area contributed by atoms with Crippen molar-refractivity contribution in [1.29, 1.82) is 0 Å². The summed E-state index contributed by atoms with van der Waals surface area (Å²) in [5.74, 6) is -0.512. The minimum Gasteiger partial charge on any atom is -0.376 e. The first kappa shape index (κ1) is 20.0. The van der Waals surface area contributed by atoms with Gasteiger partial charge in [-0.05, 0) is 55.7 Å². The van der Waals surface area contributed by atoms with Gasteiger partial charge in [0, 0.05) is 18.7 Å². The topological polar surface area (TPSA) is 79.5 Å². The number of rotatable bonds is 5. The molecule has 0 spiro atoms. The van der Waals surface area contributed by atoms with E-state index in [0.717, 1.165) is 25.0 Å². The summed E-state index contributed by atoms with van der Waals surface area (Å²) >= 11 is 5.26. The van der Waals surface area contributed by atoms with Gasteiger partial charge in [0.25, 0.3) is 11.8 Å². The average molecular weight is 398 g/mol. The smallest absolute Gasteiger partial charge is 0.257 e. The van der Waals surface area contributed by atoms with Crippen LogP contribution in [-0.4, -0.2) is 36.2 Å². The second kappa shape index (κ2) is 9.43. The minimum atomic E-state index is -0.295. The van der Waals surface area contributed by atoms with E-state index in [0.29, 0.717) is 23.4 Å². The highest BCUT2D eigenvalue weighted by atomic mass is 32.1. The lowest BCUT2D eigenvalue weighted by atomic mass is 10.1. The van der Waals surface area contributed by atoms with Gasteiger partial charge in [-0.15, -0.1) is 0 Å². The van der Waals surface area contributed by atoms with Crippen LogP contribution in [0.15, 0.2) is 48.5 Å². The van der Waals surface area contributed by atoms with Crippen molar-refractivity contribution in [2.75, 3.05) is 18.5 Å². The van der Waals surface area contributed by atoms with Crippen LogP contribution < -0.4 is 16.0 Å². The Kier molecular flexibility index (Phi) is 6.73. The Hall–Kier alpha value is -2.77. The monoisotopic (exact) mass is 397 g/mol. The maximum absolute atomic E-state index is 12.6. The van der Waals surface area contributed by atoms with Gasteiger partial charge in [0.2, 0.25) is 0 Å². The predicted molar refractivity (Wildman–Crippen MR) is 113 cm³/mol. The van der Waals surface area contributed by atoms with Crippen LogP contribution in [0.3, 0.4) is 0 Å². The first-order chi connectivity index (χ1) is 13.5. The lowest BCUT2D eigenvalue weighted by molar-refractivity contribution is 0.0858. The van der Waals surface area contributed by atoms with Gasteiger partial charge in [-0.2, -0.15) is 0 Å². The minimum absolute atomic E-state index is 0.0681. The maximum atomic E-state index is 12.6. The number of carbonyl (C=O) groups is 2. The number of ether oxygens (including phenoxy) is 1. The molecule has 3 N–H and O–H groups in total. The molecule has 2 amide bonds. The number of anilines is 1.